The van der Waals surface area contributed by atoms with Crippen molar-refractivity contribution in [2.45, 2.75) is 20.3 Å². The lowest BCUT2D eigenvalue weighted by atomic mass is 10.2. The standard InChI is InChI=1S/C7H11NO4/c1-3-12-7(10)6(9)4-5(2)8-11/h11H,3-4H2,1-2H3/b8-5+. The van der Waals surface area contributed by atoms with Gasteiger partial charge in [0, 0.05) is 0 Å². The van der Waals surface area contributed by atoms with Gasteiger partial charge in [-0.05, 0) is 13.8 Å². The van der Waals surface area contributed by atoms with Gasteiger partial charge in [0.2, 0.25) is 5.78 Å². The van der Waals surface area contributed by atoms with Gasteiger partial charge in [-0.25, -0.2) is 4.79 Å². The van der Waals surface area contributed by atoms with Gasteiger partial charge in [0.1, 0.15) is 0 Å². The van der Waals surface area contributed by atoms with Crippen molar-refractivity contribution in [2.75, 3.05) is 6.61 Å². The van der Waals surface area contributed by atoms with Gasteiger partial charge >= 0.3 is 5.97 Å². The highest BCUT2D eigenvalue weighted by Crippen LogP contribution is 1.90. The zero-order chi connectivity index (χ0) is 9.56. The van der Waals surface area contributed by atoms with Crippen molar-refractivity contribution in [3.05, 3.63) is 0 Å². The smallest absolute Gasteiger partial charge is 0.374 e. The summed E-state index contributed by atoms with van der Waals surface area (Å²) < 4.78 is 4.42. The topological polar surface area (TPSA) is 76.0 Å². The lowest BCUT2D eigenvalue weighted by Gasteiger charge is -1.98. The van der Waals surface area contributed by atoms with Crippen LogP contribution in [-0.4, -0.2) is 29.3 Å². The van der Waals surface area contributed by atoms with Crippen molar-refractivity contribution in [2.24, 2.45) is 5.16 Å². The molecular weight excluding hydrogens is 162 g/mol. The third-order valence-electron chi connectivity index (χ3n) is 1.09. The molecule has 0 aromatic rings. The van der Waals surface area contributed by atoms with Gasteiger partial charge in [-0.1, -0.05) is 5.16 Å². The van der Waals surface area contributed by atoms with Gasteiger partial charge in [-0.2, -0.15) is 0 Å². The summed E-state index contributed by atoms with van der Waals surface area (Å²) in [5, 5.41) is 10.9. The van der Waals surface area contributed by atoms with Gasteiger partial charge in [-0.15, -0.1) is 0 Å². The van der Waals surface area contributed by atoms with E-state index in [2.05, 4.69) is 9.89 Å². The number of Topliss-reactive ketones (excluding diaryl/α,β-unsaturated/α-hetero) is 1. The van der Waals surface area contributed by atoms with Crippen LogP contribution in [0.2, 0.25) is 0 Å². The van der Waals surface area contributed by atoms with Crippen molar-refractivity contribution in [1.29, 1.82) is 0 Å². The summed E-state index contributed by atoms with van der Waals surface area (Å²) in [5.41, 5.74) is 0.188. The molecule has 68 valence electrons. The van der Waals surface area contributed by atoms with Crippen molar-refractivity contribution in [1.82, 2.24) is 0 Å². The molecule has 0 saturated carbocycles. The summed E-state index contributed by atoms with van der Waals surface area (Å²) in [7, 11) is 0. The first kappa shape index (κ1) is 10.6. The maximum Gasteiger partial charge on any atom is 0.374 e. The summed E-state index contributed by atoms with van der Waals surface area (Å²) in [6, 6.07) is 0. The molecule has 0 spiro atoms. The van der Waals surface area contributed by atoms with E-state index < -0.39 is 11.8 Å². The fourth-order valence-electron chi connectivity index (χ4n) is 0.551. The van der Waals surface area contributed by atoms with Crippen LogP contribution >= 0.6 is 0 Å². The summed E-state index contributed by atoms with van der Waals surface area (Å²) >= 11 is 0. The number of hydrogen-bond donors (Lipinski definition) is 1. The van der Waals surface area contributed by atoms with Crippen molar-refractivity contribution in [3.63, 3.8) is 0 Å². The Morgan fingerprint density at radius 1 is 1.50 bits per heavy atom. The van der Waals surface area contributed by atoms with Crippen LogP contribution in [0, 0.1) is 0 Å². The van der Waals surface area contributed by atoms with Gasteiger partial charge in [0.25, 0.3) is 0 Å². The molecule has 12 heavy (non-hydrogen) atoms. The number of ether oxygens (including phenoxy) is 1. The van der Waals surface area contributed by atoms with Crippen molar-refractivity contribution in [3.8, 4) is 0 Å². The lowest BCUT2D eigenvalue weighted by Crippen LogP contribution is -2.19. The molecule has 0 rings (SSSR count). The molecule has 0 fully saturated rings. The zero-order valence-electron chi connectivity index (χ0n) is 7.03. The van der Waals surface area contributed by atoms with Gasteiger partial charge in [-0.3, -0.25) is 4.79 Å². The fraction of sp³-hybridized carbons (Fsp3) is 0.571. The quantitative estimate of drug-likeness (QED) is 0.219. The second-order valence-electron chi connectivity index (χ2n) is 2.16. The van der Waals surface area contributed by atoms with Gasteiger partial charge in [0.05, 0.1) is 18.7 Å². The molecular formula is C7H11NO4. The van der Waals surface area contributed by atoms with E-state index in [0.29, 0.717) is 0 Å². The van der Waals surface area contributed by atoms with E-state index in [0.717, 1.165) is 0 Å². The van der Waals surface area contributed by atoms with E-state index in [1.54, 1.807) is 6.92 Å². The minimum Gasteiger partial charge on any atom is -0.460 e. The van der Waals surface area contributed by atoms with E-state index in [1.807, 2.05) is 0 Å². The maximum atomic E-state index is 10.8. The van der Waals surface area contributed by atoms with Crippen LogP contribution in [0.15, 0.2) is 5.16 Å². The van der Waals surface area contributed by atoms with E-state index in [4.69, 9.17) is 5.21 Å². The molecule has 0 bridgehead atoms. The number of oxime groups is 1. The Morgan fingerprint density at radius 3 is 2.50 bits per heavy atom. The molecule has 0 aliphatic rings. The predicted molar refractivity (Wildman–Crippen MR) is 41.2 cm³/mol. The molecule has 0 aliphatic carbocycles. The molecule has 0 unspecified atom stereocenters. The number of esters is 1. The Labute approximate surface area is 70.0 Å². The number of nitrogens with zero attached hydrogens (tertiary/aromatic N) is 1. The number of ketones is 1. The SMILES string of the molecule is CCOC(=O)C(=O)C/C(C)=N/O. The molecule has 0 amide bonds. The predicted octanol–water partition coefficient (Wildman–Crippen LogP) is 0.359. The maximum absolute atomic E-state index is 10.8. The van der Waals surface area contributed by atoms with E-state index >= 15 is 0 Å². The highest BCUT2D eigenvalue weighted by molar-refractivity contribution is 6.37. The Bertz CT molecular complexity index is 209. The number of carbonyl (C=O) groups is 2. The van der Waals surface area contributed by atoms with E-state index in [1.165, 1.54) is 6.92 Å². The van der Waals surface area contributed by atoms with Crippen LogP contribution in [0.3, 0.4) is 0 Å². The Hall–Kier alpha value is -1.39. The summed E-state index contributed by atoms with van der Waals surface area (Å²) in [6.45, 7) is 3.22. The fourth-order valence-corrected chi connectivity index (χ4v) is 0.551. The average molecular weight is 173 g/mol. The summed E-state index contributed by atoms with van der Waals surface area (Å²) in [6.07, 6.45) is -0.199. The first-order chi connectivity index (χ1) is 5.61. The molecule has 5 heteroatoms. The molecule has 0 aromatic carbocycles. The molecule has 0 saturated heterocycles. The van der Waals surface area contributed by atoms with Gasteiger partial charge < -0.3 is 9.94 Å². The van der Waals surface area contributed by atoms with Crippen LogP contribution in [0.1, 0.15) is 20.3 Å². The molecule has 0 heterocycles. The van der Waals surface area contributed by atoms with Crippen LogP contribution in [0.4, 0.5) is 0 Å². The number of hydrogen-bond acceptors (Lipinski definition) is 5. The normalized spacial score (nSPS) is 11.0. The Balaban J connectivity index is 3.96. The zero-order valence-corrected chi connectivity index (χ0v) is 7.03. The highest BCUT2D eigenvalue weighted by Gasteiger charge is 2.15. The summed E-state index contributed by atoms with van der Waals surface area (Å²) in [5.74, 6) is -1.59. The monoisotopic (exact) mass is 173 g/mol. The van der Waals surface area contributed by atoms with Gasteiger partial charge in [0.15, 0.2) is 0 Å². The first-order valence-corrected chi connectivity index (χ1v) is 3.49. The molecule has 0 aromatic heterocycles. The first-order valence-electron chi connectivity index (χ1n) is 3.49. The minimum atomic E-state index is -0.888. The van der Waals surface area contributed by atoms with Crippen molar-refractivity contribution >= 4 is 17.5 Å². The van der Waals surface area contributed by atoms with Crippen molar-refractivity contribution < 1.29 is 19.5 Å². The molecule has 5 nitrogen and oxygen atoms in total. The number of rotatable bonds is 4. The van der Waals surface area contributed by atoms with Crippen LogP contribution in [0.25, 0.3) is 0 Å². The Morgan fingerprint density at radius 2 is 2.08 bits per heavy atom. The third kappa shape index (κ3) is 3.70. The van der Waals surface area contributed by atoms with E-state index in [9.17, 15) is 9.59 Å². The van der Waals surface area contributed by atoms with Crippen LogP contribution in [-0.2, 0) is 14.3 Å². The molecule has 0 aliphatic heterocycles. The number of carbonyl (C=O) groups excluding carboxylic acids is 2. The van der Waals surface area contributed by atoms with E-state index in [-0.39, 0.29) is 18.7 Å². The molecule has 0 atom stereocenters. The minimum absolute atomic E-state index is 0.167. The van der Waals surface area contributed by atoms with Crippen LogP contribution < -0.4 is 0 Å². The molecule has 1 N–H and O–H groups in total. The largest absolute Gasteiger partial charge is 0.460 e. The lowest BCUT2D eigenvalue weighted by molar-refractivity contribution is -0.152. The second kappa shape index (κ2) is 5.29. The second-order valence-corrected chi connectivity index (χ2v) is 2.16. The third-order valence-corrected chi connectivity index (χ3v) is 1.09. The van der Waals surface area contributed by atoms with Crippen LogP contribution in [0.5, 0.6) is 0 Å². The average Bonchev–Trinajstić information content (AvgIpc) is 2.04. The Kier molecular flexibility index (Phi) is 4.67. The summed E-state index contributed by atoms with van der Waals surface area (Å²) in [4.78, 5) is 21.5. The molecule has 0 radical (unpaired) electrons. The highest BCUT2D eigenvalue weighted by atomic mass is 16.5.